The standard InChI is InChI=1S/C23H30FN3O4S/c1-17(2)25-23(29)18(3)26(15-14-19-10-6-5-7-11-19)22(28)16-27(32(4,30)31)21-13-9-8-12-20(21)24/h5-13,17-18H,14-16H2,1-4H3,(H,25,29)/t18-/m0/s1. The molecule has 0 aliphatic heterocycles. The van der Waals surface area contributed by atoms with Crippen molar-refractivity contribution < 1.29 is 22.4 Å². The Bertz CT molecular complexity index is 1030. The molecular formula is C23H30FN3O4S. The molecule has 0 spiro atoms. The van der Waals surface area contributed by atoms with Gasteiger partial charge in [-0.3, -0.25) is 13.9 Å². The zero-order valence-electron chi connectivity index (χ0n) is 18.8. The van der Waals surface area contributed by atoms with E-state index in [2.05, 4.69) is 5.32 Å². The molecule has 2 aromatic rings. The first kappa shape index (κ1) is 25.3. The van der Waals surface area contributed by atoms with E-state index in [1.165, 1.54) is 23.1 Å². The molecule has 0 fully saturated rings. The van der Waals surface area contributed by atoms with Crippen molar-refractivity contribution in [3.05, 3.63) is 66.0 Å². The van der Waals surface area contributed by atoms with E-state index in [0.29, 0.717) is 6.42 Å². The van der Waals surface area contributed by atoms with Crippen LogP contribution in [0.3, 0.4) is 0 Å². The van der Waals surface area contributed by atoms with Crippen molar-refractivity contribution in [3.8, 4) is 0 Å². The Labute approximate surface area is 189 Å². The van der Waals surface area contributed by atoms with Crippen LogP contribution in [-0.2, 0) is 26.0 Å². The SMILES string of the molecule is CC(C)NC(=O)[C@H](C)N(CCc1ccccc1)C(=O)CN(c1ccccc1F)S(C)(=O)=O. The number of benzene rings is 2. The van der Waals surface area contributed by atoms with Crippen LogP contribution in [0.25, 0.3) is 0 Å². The average molecular weight is 464 g/mol. The predicted molar refractivity (Wildman–Crippen MR) is 123 cm³/mol. The van der Waals surface area contributed by atoms with E-state index in [-0.39, 0.29) is 24.2 Å². The van der Waals surface area contributed by atoms with Gasteiger partial charge < -0.3 is 10.2 Å². The van der Waals surface area contributed by atoms with E-state index in [1.807, 2.05) is 44.2 Å². The number of anilines is 1. The number of carbonyl (C=O) groups excluding carboxylic acids is 2. The molecule has 1 atom stereocenters. The van der Waals surface area contributed by atoms with Crippen molar-refractivity contribution in [3.63, 3.8) is 0 Å². The van der Waals surface area contributed by atoms with Gasteiger partial charge in [0.05, 0.1) is 11.9 Å². The van der Waals surface area contributed by atoms with Crippen LogP contribution in [-0.4, -0.2) is 56.6 Å². The molecule has 2 rings (SSSR count). The molecule has 0 bridgehead atoms. The molecule has 1 N–H and O–H groups in total. The first-order valence-corrected chi connectivity index (χ1v) is 12.2. The van der Waals surface area contributed by atoms with Crippen LogP contribution in [0.15, 0.2) is 54.6 Å². The Kier molecular flexibility index (Phi) is 8.77. The quantitative estimate of drug-likeness (QED) is 0.587. The summed E-state index contributed by atoms with van der Waals surface area (Å²) in [5, 5.41) is 2.78. The number of sulfonamides is 1. The van der Waals surface area contributed by atoms with Crippen molar-refractivity contribution >= 4 is 27.5 Å². The van der Waals surface area contributed by atoms with Gasteiger partial charge in [0.2, 0.25) is 21.8 Å². The molecule has 0 radical (unpaired) electrons. The summed E-state index contributed by atoms with van der Waals surface area (Å²) >= 11 is 0. The lowest BCUT2D eigenvalue weighted by atomic mass is 10.1. The minimum absolute atomic E-state index is 0.123. The molecule has 7 nitrogen and oxygen atoms in total. The Morgan fingerprint density at radius 3 is 2.16 bits per heavy atom. The molecular weight excluding hydrogens is 433 g/mol. The number of hydrogen-bond acceptors (Lipinski definition) is 4. The highest BCUT2D eigenvalue weighted by Crippen LogP contribution is 2.22. The summed E-state index contributed by atoms with van der Waals surface area (Å²) in [6, 6.07) is 13.8. The third kappa shape index (κ3) is 7.05. The molecule has 0 unspecified atom stereocenters. The minimum atomic E-state index is -3.96. The predicted octanol–water partition coefficient (Wildman–Crippen LogP) is 2.58. The highest BCUT2D eigenvalue weighted by Gasteiger charge is 2.30. The molecule has 2 aromatic carbocycles. The van der Waals surface area contributed by atoms with Gasteiger partial charge in [-0.25, -0.2) is 12.8 Å². The summed E-state index contributed by atoms with van der Waals surface area (Å²) in [6.07, 6.45) is 1.39. The number of para-hydroxylation sites is 1. The number of carbonyl (C=O) groups is 2. The van der Waals surface area contributed by atoms with Crippen molar-refractivity contribution in [2.24, 2.45) is 0 Å². The van der Waals surface area contributed by atoms with Gasteiger partial charge in [-0.05, 0) is 44.9 Å². The zero-order valence-corrected chi connectivity index (χ0v) is 19.6. The van der Waals surface area contributed by atoms with Gasteiger partial charge in [0, 0.05) is 12.6 Å². The number of amides is 2. The number of hydrogen-bond donors (Lipinski definition) is 1. The van der Waals surface area contributed by atoms with Crippen LogP contribution < -0.4 is 9.62 Å². The molecule has 0 aliphatic carbocycles. The maximum Gasteiger partial charge on any atom is 0.244 e. The lowest BCUT2D eigenvalue weighted by Gasteiger charge is -2.32. The van der Waals surface area contributed by atoms with Gasteiger partial charge in [-0.15, -0.1) is 0 Å². The molecule has 9 heteroatoms. The lowest BCUT2D eigenvalue weighted by Crippen LogP contribution is -2.53. The van der Waals surface area contributed by atoms with E-state index in [1.54, 1.807) is 6.92 Å². The zero-order chi connectivity index (χ0) is 23.9. The van der Waals surface area contributed by atoms with Crippen molar-refractivity contribution in [1.82, 2.24) is 10.2 Å². The molecule has 0 aromatic heterocycles. The molecule has 2 amide bonds. The second-order valence-corrected chi connectivity index (χ2v) is 9.79. The fourth-order valence-electron chi connectivity index (χ4n) is 3.22. The fourth-order valence-corrected chi connectivity index (χ4v) is 4.07. The minimum Gasteiger partial charge on any atom is -0.352 e. The number of nitrogens with one attached hydrogen (secondary N) is 1. The monoisotopic (exact) mass is 463 g/mol. The number of rotatable bonds is 10. The van der Waals surface area contributed by atoms with Gasteiger partial charge in [0.15, 0.2) is 0 Å². The second kappa shape index (κ2) is 11.1. The third-order valence-electron chi connectivity index (χ3n) is 4.88. The van der Waals surface area contributed by atoms with Crippen LogP contribution in [0.4, 0.5) is 10.1 Å². The molecule has 32 heavy (non-hydrogen) atoms. The largest absolute Gasteiger partial charge is 0.352 e. The van der Waals surface area contributed by atoms with E-state index in [0.717, 1.165) is 22.2 Å². The summed E-state index contributed by atoms with van der Waals surface area (Å²) in [5.41, 5.74) is 0.751. The number of halogens is 1. The van der Waals surface area contributed by atoms with Gasteiger partial charge in [0.25, 0.3) is 0 Å². The third-order valence-corrected chi connectivity index (χ3v) is 6.01. The van der Waals surface area contributed by atoms with E-state index >= 15 is 0 Å². The highest BCUT2D eigenvalue weighted by atomic mass is 32.2. The maximum atomic E-state index is 14.3. The topological polar surface area (TPSA) is 86.8 Å². The molecule has 0 heterocycles. The van der Waals surface area contributed by atoms with Gasteiger partial charge in [-0.1, -0.05) is 42.5 Å². The smallest absolute Gasteiger partial charge is 0.244 e. The molecule has 174 valence electrons. The van der Waals surface area contributed by atoms with Crippen LogP contribution in [0.1, 0.15) is 26.3 Å². The summed E-state index contributed by atoms with van der Waals surface area (Å²) in [4.78, 5) is 27.2. The Morgan fingerprint density at radius 2 is 1.59 bits per heavy atom. The van der Waals surface area contributed by atoms with E-state index in [4.69, 9.17) is 0 Å². The van der Waals surface area contributed by atoms with Crippen LogP contribution >= 0.6 is 0 Å². The highest BCUT2D eigenvalue weighted by molar-refractivity contribution is 7.92. The van der Waals surface area contributed by atoms with Crippen molar-refractivity contribution in [1.29, 1.82) is 0 Å². The van der Waals surface area contributed by atoms with E-state index < -0.39 is 34.3 Å². The average Bonchev–Trinajstić information content (AvgIpc) is 2.72. The Morgan fingerprint density at radius 1 is 1.00 bits per heavy atom. The Balaban J connectivity index is 2.32. The summed E-state index contributed by atoms with van der Waals surface area (Å²) in [7, 11) is -3.96. The number of nitrogens with zero attached hydrogens (tertiary/aromatic N) is 2. The molecule has 0 aliphatic rings. The molecule has 0 saturated carbocycles. The summed E-state index contributed by atoms with van der Waals surface area (Å²) in [6.45, 7) is 4.79. The van der Waals surface area contributed by atoms with E-state index in [9.17, 15) is 22.4 Å². The normalized spacial score (nSPS) is 12.3. The fraction of sp³-hybridized carbons (Fsp3) is 0.391. The van der Waals surface area contributed by atoms with Crippen molar-refractivity contribution in [2.75, 3.05) is 23.7 Å². The van der Waals surface area contributed by atoms with Gasteiger partial charge in [-0.2, -0.15) is 0 Å². The summed E-state index contributed by atoms with van der Waals surface area (Å²) < 4.78 is 39.8. The van der Waals surface area contributed by atoms with Gasteiger partial charge >= 0.3 is 0 Å². The first-order valence-electron chi connectivity index (χ1n) is 10.4. The van der Waals surface area contributed by atoms with Crippen LogP contribution in [0.2, 0.25) is 0 Å². The first-order chi connectivity index (χ1) is 15.0. The van der Waals surface area contributed by atoms with Crippen LogP contribution in [0, 0.1) is 5.82 Å². The van der Waals surface area contributed by atoms with Crippen LogP contribution in [0.5, 0.6) is 0 Å². The second-order valence-electron chi connectivity index (χ2n) is 7.88. The Hall–Kier alpha value is -2.94. The maximum absolute atomic E-state index is 14.3. The van der Waals surface area contributed by atoms with Crippen molar-refractivity contribution in [2.45, 2.75) is 39.3 Å². The van der Waals surface area contributed by atoms with Gasteiger partial charge in [0.1, 0.15) is 18.4 Å². The molecule has 0 saturated heterocycles. The summed E-state index contributed by atoms with van der Waals surface area (Å²) in [5.74, 6) is -1.70. The lowest BCUT2D eigenvalue weighted by molar-refractivity contribution is -0.139.